The summed E-state index contributed by atoms with van der Waals surface area (Å²) in [7, 11) is 4.45. The summed E-state index contributed by atoms with van der Waals surface area (Å²) in [5.74, 6) is 0. The summed E-state index contributed by atoms with van der Waals surface area (Å²) >= 11 is 0. The van der Waals surface area contributed by atoms with Crippen molar-refractivity contribution in [1.29, 1.82) is 0 Å². The van der Waals surface area contributed by atoms with Crippen LogP contribution in [0.1, 0.15) is 36.8 Å². The van der Waals surface area contributed by atoms with E-state index in [0.29, 0.717) is 5.54 Å². The Balaban J connectivity index is 1.90. The van der Waals surface area contributed by atoms with Gasteiger partial charge in [0.05, 0.1) is 0 Å². The van der Waals surface area contributed by atoms with Gasteiger partial charge in [0.2, 0.25) is 0 Å². The van der Waals surface area contributed by atoms with Gasteiger partial charge in [0, 0.05) is 18.6 Å². The summed E-state index contributed by atoms with van der Waals surface area (Å²) in [6.07, 6.45) is 5.43. The van der Waals surface area contributed by atoms with Crippen molar-refractivity contribution in [3.05, 3.63) is 35.4 Å². The zero-order valence-electron chi connectivity index (χ0n) is 12.0. The number of hydrogen-bond acceptors (Lipinski definition) is 2. The Morgan fingerprint density at radius 2 is 1.83 bits per heavy atom. The molecule has 0 radical (unpaired) electrons. The van der Waals surface area contributed by atoms with Crippen LogP contribution in [-0.2, 0) is 6.54 Å². The molecule has 100 valence electrons. The molecule has 1 N–H and O–H groups in total. The minimum atomic E-state index is 0.392. The summed E-state index contributed by atoms with van der Waals surface area (Å²) < 4.78 is 0. The highest BCUT2D eigenvalue weighted by molar-refractivity contribution is 5.25. The van der Waals surface area contributed by atoms with Crippen LogP contribution in [0.15, 0.2) is 24.3 Å². The van der Waals surface area contributed by atoms with Crippen molar-refractivity contribution in [2.45, 2.75) is 44.7 Å². The van der Waals surface area contributed by atoms with Gasteiger partial charge in [-0.05, 0) is 45.0 Å². The Hall–Kier alpha value is -0.860. The number of rotatable bonds is 5. The van der Waals surface area contributed by atoms with Crippen molar-refractivity contribution >= 4 is 0 Å². The number of nitrogens with zero attached hydrogens (tertiary/aromatic N) is 1. The van der Waals surface area contributed by atoms with Gasteiger partial charge in [-0.1, -0.05) is 37.1 Å². The lowest BCUT2D eigenvalue weighted by Crippen LogP contribution is -2.49. The van der Waals surface area contributed by atoms with Crippen molar-refractivity contribution in [2.24, 2.45) is 0 Å². The van der Waals surface area contributed by atoms with Crippen LogP contribution in [0.3, 0.4) is 0 Å². The van der Waals surface area contributed by atoms with Crippen LogP contribution in [0.2, 0.25) is 0 Å². The maximum atomic E-state index is 3.66. The van der Waals surface area contributed by atoms with Crippen LogP contribution in [-0.4, -0.2) is 31.1 Å². The Labute approximate surface area is 111 Å². The predicted octanol–water partition coefficient (Wildman–Crippen LogP) is 2.96. The highest BCUT2D eigenvalue weighted by Gasteiger charge is 2.35. The Morgan fingerprint density at radius 1 is 1.17 bits per heavy atom. The standard InChI is InChI=1S/C16H26N2/c1-14-8-4-5-9-15(14)12-17-13-16(18(2)3)10-6-7-11-16/h4-5,8-9,17H,6-7,10-13H2,1-3H3. The van der Waals surface area contributed by atoms with Crippen LogP contribution in [0, 0.1) is 6.92 Å². The molecule has 1 aliphatic rings. The van der Waals surface area contributed by atoms with Crippen LogP contribution in [0.25, 0.3) is 0 Å². The third-order valence-electron chi connectivity index (χ3n) is 4.51. The minimum Gasteiger partial charge on any atom is -0.311 e. The summed E-state index contributed by atoms with van der Waals surface area (Å²) in [6.45, 7) is 4.28. The minimum absolute atomic E-state index is 0.392. The van der Waals surface area contributed by atoms with Crippen molar-refractivity contribution < 1.29 is 0 Å². The van der Waals surface area contributed by atoms with Crippen LogP contribution < -0.4 is 5.32 Å². The average Bonchev–Trinajstić information content (AvgIpc) is 2.82. The van der Waals surface area contributed by atoms with Gasteiger partial charge in [-0.15, -0.1) is 0 Å². The summed E-state index contributed by atoms with van der Waals surface area (Å²) in [5, 5.41) is 3.66. The fraction of sp³-hybridized carbons (Fsp3) is 0.625. The van der Waals surface area contributed by atoms with E-state index in [1.165, 1.54) is 36.8 Å². The number of nitrogens with one attached hydrogen (secondary N) is 1. The second kappa shape index (κ2) is 5.85. The Morgan fingerprint density at radius 3 is 2.44 bits per heavy atom. The molecule has 2 heteroatoms. The first-order chi connectivity index (χ1) is 8.64. The molecule has 1 fully saturated rings. The lowest BCUT2D eigenvalue weighted by atomic mass is 9.96. The quantitative estimate of drug-likeness (QED) is 0.859. The summed E-state index contributed by atoms with van der Waals surface area (Å²) in [4.78, 5) is 2.42. The normalized spacial score (nSPS) is 18.4. The van der Waals surface area contributed by atoms with Gasteiger partial charge >= 0.3 is 0 Å². The van der Waals surface area contributed by atoms with Crippen LogP contribution in [0.4, 0.5) is 0 Å². The van der Waals surface area contributed by atoms with Gasteiger partial charge < -0.3 is 10.2 Å². The number of likely N-dealkylation sites (N-methyl/N-ethyl adjacent to an activating group) is 1. The second-order valence-corrected chi connectivity index (χ2v) is 5.86. The largest absolute Gasteiger partial charge is 0.311 e. The van der Waals surface area contributed by atoms with Gasteiger partial charge in [-0.25, -0.2) is 0 Å². The van der Waals surface area contributed by atoms with E-state index in [9.17, 15) is 0 Å². The maximum absolute atomic E-state index is 3.66. The topological polar surface area (TPSA) is 15.3 Å². The highest BCUT2D eigenvalue weighted by atomic mass is 15.2. The molecule has 0 heterocycles. The number of benzene rings is 1. The molecule has 0 aliphatic heterocycles. The predicted molar refractivity (Wildman–Crippen MR) is 77.8 cm³/mol. The van der Waals surface area contributed by atoms with Crippen molar-refractivity contribution in [3.63, 3.8) is 0 Å². The first-order valence-corrected chi connectivity index (χ1v) is 7.07. The zero-order valence-corrected chi connectivity index (χ0v) is 12.0. The van der Waals surface area contributed by atoms with E-state index in [4.69, 9.17) is 0 Å². The van der Waals surface area contributed by atoms with Crippen LogP contribution in [0.5, 0.6) is 0 Å². The summed E-state index contributed by atoms with van der Waals surface area (Å²) in [6, 6.07) is 8.64. The monoisotopic (exact) mass is 246 g/mol. The third-order valence-corrected chi connectivity index (χ3v) is 4.51. The third kappa shape index (κ3) is 2.93. The van der Waals surface area contributed by atoms with Gasteiger partial charge in [0.25, 0.3) is 0 Å². The lowest BCUT2D eigenvalue weighted by molar-refractivity contribution is 0.153. The molecular formula is C16H26N2. The molecule has 0 unspecified atom stereocenters. The summed E-state index contributed by atoms with van der Waals surface area (Å²) in [5.41, 5.74) is 3.20. The van der Waals surface area contributed by atoms with E-state index >= 15 is 0 Å². The van der Waals surface area contributed by atoms with Crippen molar-refractivity contribution in [2.75, 3.05) is 20.6 Å². The lowest BCUT2D eigenvalue weighted by Gasteiger charge is -2.36. The molecule has 0 aromatic heterocycles. The van der Waals surface area contributed by atoms with E-state index in [1.807, 2.05) is 0 Å². The molecule has 0 saturated heterocycles. The van der Waals surface area contributed by atoms with E-state index in [1.54, 1.807) is 0 Å². The molecule has 1 aromatic rings. The molecule has 0 amide bonds. The first-order valence-electron chi connectivity index (χ1n) is 7.07. The molecule has 1 aliphatic carbocycles. The molecule has 18 heavy (non-hydrogen) atoms. The van der Waals surface area contributed by atoms with E-state index in [0.717, 1.165) is 13.1 Å². The molecule has 1 aromatic carbocycles. The Bertz CT molecular complexity index is 378. The second-order valence-electron chi connectivity index (χ2n) is 5.86. The average molecular weight is 246 g/mol. The van der Waals surface area contributed by atoms with Gasteiger partial charge in [-0.2, -0.15) is 0 Å². The molecule has 0 bridgehead atoms. The SMILES string of the molecule is Cc1ccccc1CNCC1(N(C)C)CCCC1. The molecule has 2 nitrogen and oxygen atoms in total. The van der Waals surface area contributed by atoms with Gasteiger partial charge in [0.15, 0.2) is 0 Å². The molecule has 0 spiro atoms. The van der Waals surface area contributed by atoms with E-state index in [-0.39, 0.29) is 0 Å². The number of hydrogen-bond donors (Lipinski definition) is 1. The first kappa shape index (κ1) is 13.6. The zero-order chi connectivity index (χ0) is 13.0. The maximum Gasteiger partial charge on any atom is 0.0328 e. The van der Waals surface area contributed by atoms with E-state index in [2.05, 4.69) is 55.5 Å². The number of aryl methyl sites for hydroxylation is 1. The fourth-order valence-electron chi connectivity index (χ4n) is 3.05. The molecule has 0 atom stereocenters. The van der Waals surface area contributed by atoms with Gasteiger partial charge in [-0.3, -0.25) is 0 Å². The van der Waals surface area contributed by atoms with Crippen molar-refractivity contribution in [1.82, 2.24) is 10.2 Å². The smallest absolute Gasteiger partial charge is 0.0328 e. The van der Waals surface area contributed by atoms with Crippen LogP contribution >= 0.6 is 0 Å². The van der Waals surface area contributed by atoms with Gasteiger partial charge in [0.1, 0.15) is 0 Å². The molecule has 1 saturated carbocycles. The van der Waals surface area contributed by atoms with Crippen molar-refractivity contribution in [3.8, 4) is 0 Å². The Kier molecular flexibility index (Phi) is 4.41. The van der Waals surface area contributed by atoms with E-state index < -0.39 is 0 Å². The molecule has 2 rings (SSSR count). The highest BCUT2D eigenvalue weighted by Crippen LogP contribution is 2.33. The fourth-order valence-corrected chi connectivity index (χ4v) is 3.05. The molecular weight excluding hydrogens is 220 g/mol.